The number of halogens is 3. The first kappa shape index (κ1) is 19.7. The fourth-order valence-electron chi connectivity index (χ4n) is 2.68. The summed E-state index contributed by atoms with van der Waals surface area (Å²) in [5, 5.41) is 4.68. The third kappa shape index (κ3) is 4.26. The van der Waals surface area contributed by atoms with E-state index in [4.69, 9.17) is 23.2 Å². The van der Waals surface area contributed by atoms with Gasteiger partial charge in [0, 0.05) is 5.02 Å². The molecule has 3 rings (SSSR count). The molecule has 0 radical (unpaired) electrons. The second-order valence-electron chi connectivity index (χ2n) is 6.01. The highest BCUT2D eigenvalue weighted by Gasteiger charge is 2.22. The Morgan fingerprint density at radius 1 is 1.15 bits per heavy atom. The molecule has 1 N–H and O–H groups in total. The van der Waals surface area contributed by atoms with Crippen molar-refractivity contribution in [2.24, 2.45) is 0 Å². The Morgan fingerprint density at radius 2 is 1.89 bits per heavy atom. The minimum Gasteiger partial charge on any atom is -0.276 e. The van der Waals surface area contributed by atoms with Crippen LogP contribution in [0.2, 0.25) is 10.0 Å². The largest absolute Gasteiger partial charge is 0.276 e. The summed E-state index contributed by atoms with van der Waals surface area (Å²) in [6.07, 6.45) is 0. The van der Waals surface area contributed by atoms with Crippen molar-refractivity contribution in [3.05, 3.63) is 75.3 Å². The van der Waals surface area contributed by atoms with Gasteiger partial charge in [0.1, 0.15) is 10.7 Å². The van der Waals surface area contributed by atoms with Crippen LogP contribution in [0.1, 0.15) is 17.0 Å². The predicted molar refractivity (Wildman–Crippen MR) is 104 cm³/mol. The molecule has 0 unspecified atom stereocenters. The Bertz CT molecular complexity index is 1110. The first-order chi connectivity index (χ1) is 12.7. The Kier molecular flexibility index (Phi) is 5.46. The zero-order chi connectivity index (χ0) is 19.8. The van der Waals surface area contributed by atoms with Crippen LogP contribution in [0, 0.1) is 19.7 Å². The van der Waals surface area contributed by atoms with Gasteiger partial charge in [-0.2, -0.15) is 5.10 Å². The fraction of sp³-hybridized carbons (Fsp3) is 0.167. The molecule has 0 atom stereocenters. The van der Waals surface area contributed by atoms with Crippen LogP contribution in [0.3, 0.4) is 0 Å². The lowest BCUT2D eigenvalue weighted by Crippen LogP contribution is -2.15. The molecule has 2 aromatic carbocycles. The third-order valence-corrected chi connectivity index (χ3v) is 6.09. The lowest BCUT2D eigenvalue weighted by atomic mass is 10.2. The highest BCUT2D eigenvalue weighted by molar-refractivity contribution is 7.92. The molecule has 0 bridgehead atoms. The van der Waals surface area contributed by atoms with Gasteiger partial charge in [-0.15, -0.1) is 0 Å². The van der Waals surface area contributed by atoms with Gasteiger partial charge in [0.2, 0.25) is 0 Å². The van der Waals surface area contributed by atoms with Gasteiger partial charge in [0.25, 0.3) is 10.0 Å². The van der Waals surface area contributed by atoms with Crippen molar-refractivity contribution in [3.8, 4) is 0 Å². The molecule has 1 aromatic heterocycles. The van der Waals surface area contributed by atoms with E-state index in [2.05, 4.69) is 9.82 Å². The number of hydrogen-bond donors (Lipinski definition) is 1. The standard InChI is InChI=1S/C18H16Cl2FN3O2S/c1-11-18(23-27(25,26)17-9-14(19)6-7-16(17)20)12(2)24(22-11)10-13-4-3-5-15(21)8-13/h3-9,23H,10H2,1-2H3. The second kappa shape index (κ2) is 7.50. The van der Waals surface area contributed by atoms with Crippen LogP contribution >= 0.6 is 23.2 Å². The minimum atomic E-state index is -3.96. The molecule has 0 saturated heterocycles. The smallest absolute Gasteiger partial charge is 0.263 e. The number of benzene rings is 2. The van der Waals surface area contributed by atoms with Gasteiger partial charge in [-0.25, -0.2) is 12.8 Å². The Balaban J connectivity index is 1.94. The van der Waals surface area contributed by atoms with Gasteiger partial charge in [0.15, 0.2) is 0 Å². The van der Waals surface area contributed by atoms with E-state index in [-0.39, 0.29) is 20.8 Å². The molecule has 0 aliphatic rings. The summed E-state index contributed by atoms with van der Waals surface area (Å²) in [5.74, 6) is -0.342. The number of nitrogens with zero attached hydrogens (tertiary/aromatic N) is 2. The molecule has 0 amide bonds. The zero-order valence-electron chi connectivity index (χ0n) is 14.5. The van der Waals surface area contributed by atoms with Crippen molar-refractivity contribution >= 4 is 38.9 Å². The molecule has 3 aromatic rings. The average Bonchev–Trinajstić information content (AvgIpc) is 2.84. The van der Waals surface area contributed by atoms with Crippen LogP contribution in [0.4, 0.5) is 10.1 Å². The molecular formula is C18H16Cl2FN3O2S. The summed E-state index contributed by atoms with van der Waals surface area (Å²) in [5.41, 5.74) is 2.15. The van der Waals surface area contributed by atoms with Gasteiger partial charge < -0.3 is 0 Å². The summed E-state index contributed by atoms with van der Waals surface area (Å²) in [6.45, 7) is 3.73. The quantitative estimate of drug-likeness (QED) is 0.635. The summed E-state index contributed by atoms with van der Waals surface area (Å²) in [6, 6.07) is 10.4. The van der Waals surface area contributed by atoms with Gasteiger partial charge >= 0.3 is 0 Å². The maximum atomic E-state index is 13.4. The normalized spacial score (nSPS) is 11.6. The second-order valence-corrected chi connectivity index (χ2v) is 8.51. The maximum Gasteiger partial charge on any atom is 0.263 e. The number of anilines is 1. The van der Waals surface area contributed by atoms with Crippen molar-refractivity contribution in [2.75, 3.05) is 4.72 Å². The molecule has 9 heteroatoms. The SMILES string of the molecule is Cc1nn(Cc2cccc(F)c2)c(C)c1NS(=O)(=O)c1cc(Cl)ccc1Cl. The van der Waals surface area contributed by atoms with Crippen LogP contribution in [0.15, 0.2) is 47.4 Å². The Hall–Kier alpha value is -2.09. The van der Waals surface area contributed by atoms with Crippen molar-refractivity contribution in [2.45, 2.75) is 25.3 Å². The first-order valence-corrected chi connectivity index (χ1v) is 10.2. The predicted octanol–water partition coefficient (Wildman–Crippen LogP) is 4.79. The first-order valence-electron chi connectivity index (χ1n) is 7.93. The van der Waals surface area contributed by atoms with Crippen molar-refractivity contribution < 1.29 is 12.8 Å². The maximum absolute atomic E-state index is 13.4. The number of sulfonamides is 1. The topological polar surface area (TPSA) is 64.0 Å². The van der Waals surface area contributed by atoms with Gasteiger partial charge in [-0.1, -0.05) is 35.3 Å². The van der Waals surface area contributed by atoms with Crippen LogP contribution < -0.4 is 4.72 Å². The number of nitrogens with one attached hydrogen (secondary N) is 1. The Morgan fingerprint density at radius 3 is 2.59 bits per heavy atom. The van der Waals surface area contributed by atoms with Crippen LogP contribution in [-0.2, 0) is 16.6 Å². The fourth-order valence-corrected chi connectivity index (χ4v) is 4.62. The van der Waals surface area contributed by atoms with Crippen LogP contribution in [0.5, 0.6) is 0 Å². The highest BCUT2D eigenvalue weighted by atomic mass is 35.5. The zero-order valence-corrected chi connectivity index (χ0v) is 16.8. The molecule has 1 heterocycles. The molecule has 0 spiro atoms. The lowest BCUT2D eigenvalue weighted by molar-refractivity contribution is 0.601. The number of hydrogen-bond acceptors (Lipinski definition) is 3. The summed E-state index contributed by atoms with van der Waals surface area (Å²) in [4.78, 5) is -0.117. The summed E-state index contributed by atoms with van der Waals surface area (Å²) in [7, 11) is -3.96. The molecule has 0 aliphatic heterocycles. The molecule has 142 valence electrons. The van der Waals surface area contributed by atoms with E-state index in [1.54, 1.807) is 30.7 Å². The molecular weight excluding hydrogens is 412 g/mol. The average molecular weight is 428 g/mol. The lowest BCUT2D eigenvalue weighted by Gasteiger charge is -2.11. The minimum absolute atomic E-state index is 0.0642. The van der Waals surface area contributed by atoms with E-state index in [1.165, 1.54) is 30.3 Å². The van der Waals surface area contributed by atoms with Crippen molar-refractivity contribution in [1.82, 2.24) is 9.78 Å². The summed E-state index contributed by atoms with van der Waals surface area (Å²) >= 11 is 11.9. The molecule has 0 saturated carbocycles. The Labute approximate surface area is 166 Å². The molecule has 0 fully saturated rings. The van der Waals surface area contributed by atoms with E-state index >= 15 is 0 Å². The number of rotatable bonds is 5. The van der Waals surface area contributed by atoms with Crippen molar-refractivity contribution in [1.29, 1.82) is 0 Å². The van der Waals surface area contributed by atoms with E-state index in [1.807, 2.05) is 0 Å². The van der Waals surface area contributed by atoms with Crippen LogP contribution in [0.25, 0.3) is 0 Å². The third-order valence-electron chi connectivity index (χ3n) is 4.02. The van der Waals surface area contributed by atoms with E-state index < -0.39 is 10.0 Å². The monoisotopic (exact) mass is 427 g/mol. The molecule has 27 heavy (non-hydrogen) atoms. The van der Waals surface area contributed by atoms with E-state index in [0.29, 0.717) is 29.2 Å². The molecule has 0 aliphatic carbocycles. The number of aryl methyl sites for hydroxylation is 1. The van der Waals surface area contributed by atoms with Crippen LogP contribution in [-0.4, -0.2) is 18.2 Å². The number of aromatic nitrogens is 2. The molecule has 5 nitrogen and oxygen atoms in total. The van der Waals surface area contributed by atoms with Gasteiger partial charge in [-0.3, -0.25) is 9.40 Å². The van der Waals surface area contributed by atoms with E-state index in [9.17, 15) is 12.8 Å². The highest BCUT2D eigenvalue weighted by Crippen LogP contribution is 2.29. The van der Waals surface area contributed by atoms with Gasteiger partial charge in [-0.05, 0) is 49.7 Å². The van der Waals surface area contributed by atoms with Gasteiger partial charge in [0.05, 0.1) is 28.6 Å². The summed E-state index contributed by atoms with van der Waals surface area (Å²) < 4.78 is 43.0. The van der Waals surface area contributed by atoms with E-state index in [0.717, 1.165) is 0 Å². The van der Waals surface area contributed by atoms with Crippen molar-refractivity contribution in [3.63, 3.8) is 0 Å².